The zero-order valence-corrected chi connectivity index (χ0v) is 13.8. The molecule has 0 aliphatic heterocycles. The number of allylic oxidation sites excluding steroid dienone is 7. The highest BCUT2D eigenvalue weighted by Gasteiger charge is 2.02. The van der Waals surface area contributed by atoms with Gasteiger partial charge in [0.2, 0.25) is 0 Å². The van der Waals surface area contributed by atoms with Crippen LogP contribution in [0.1, 0.15) is 71.1 Å². The molecule has 0 aromatic rings. The van der Waals surface area contributed by atoms with Gasteiger partial charge in [-0.05, 0) is 25.7 Å². The predicted molar refractivity (Wildman–Crippen MR) is 95.5 cm³/mol. The standard InChI is InChI=1S/C20H34O/c1-3-5-7-9-11-12-13-15-17-19-20(21)18-16-14-10-8-6-4-2/h3,5,7,9,11-13,20-21H,1,4,6,8,10,14-19H2,2H3. The number of rotatable bonds is 14. The van der Waals surface area contributed by atoms with E-state index in [4.69, 9.17) is 0 Å². The van der Waals surface area contributed by atoms with Crippen molar-refractivity contribution in [2.75, 3.05) is 0 Å². The SMILES string of the molecule is C=CC=CC=CC=CCCCC(O)CCCCCCCC. The van der Waals surface area contributed by atoms with Crippen molar-refractivity contribution < 1.29 is 5.11 Å². The van der Waals surface area contributed by atoms with E-state index >= 15 is 0 Å². The van der Waals surface area contributed by atoms with Crippen molar-refractivity contribution in [2.45, 2.75) is 77.2 Å². The van der Waals surface area contributed by atoms with Crippen LogP contribution in [-0.2, 0) is 0 Å². The second-order valence-corrected chi connectivity index (χ2v) is 5.57. The zero-order valence-electron chi connectivity index (χ0n) is 13.8. The lowest BCUT2D eigenvalue weighted by atomic mass is 10.0. The minimum absolute atomic E-state index is 0.101. The van der Waals surface area contributed by atoms with Gasteiger partial charge in [0.25, 0.3) is 0 Å². The Morgan fingerprint density at radius 1 is 0.810 bits per heavy atom. The van der Waals surface area contributed by atoms with Crippen LogP contribution in [0.3, 0.4) is 0 Å². The van der Waals surface area contributed by atoms with Gasteiger partial charge in [-0.2, -0.15) is 0 Å². The van der Waals surface area contributed by atoms with Gasteiger partial charge in [-0.1, -0.05) is 94.6 Å². The van der Waals surface area contributed by atoms with Crippen LogP contribution in [0.25, 0.3) is 0 Å². The summed E-state index contributed by atoms with van der Waals surface area (Å²) in [6.07, 6.45) is 25.6. The third-order valence-electron chi connectivity index (χ3n) is 3.52. The molecule has 0 spiro atoms. The summed E-state index contributed by atoms with van der Waals surface area (Å²) >= 11 is 0. The van der Waals surface area contributed by atoms with Crippen molar-refractivity contribution in [1.82, 2.24) is 0 Å². The van der Waals surface area contributed by atoms with E-state index in [0.29, 0.717) is 0 Å². The van der Waals surface area contributed by atoms with E-state index in [0.717, 1.165) is 25.7 Å². The predicted octanol–water partition coefficient (Wildman–Crippen LogP) is 6.12. The monoisotopic (exact) mass is 290 g/mol. The van der Waals surface area contributed by atoms with Crippen LogP contribution in [0, 0.1) is 0 Å². The Labute approximate surface area is 132 Å². The van der Waals surface area contributed by atoms with Gasteiger partial charge in [-0.15, -0.1) is 0 Å². The summed E-state index contributed by atoms with van der Waals surface area (Å²) in [6, 6.07) is 0. The van der Waals surface area contributed by atoms with Crippen LogP contribution in [-0.4, -0.2) is 11.2 Å². The summed E-state index contributed by atoms with van der Waals surface area (Å²) in [5.41, 5.74) is 0. The topological polar surface area (TPSA) is 20.2 Å². The maximum Gasteiger partial charge on any atom is 0.0540 e. The Morgan fingerprint density at radius 2 is 1.43 bits per heavy atom. The third kappa shape index (κ3) is 16.9. The van der Waals surface area contributed by atoms with E-state index in [1.807, 2.05) is 24.3 Å². The van der Waals surface area contributed by atoms with Crippen molar-refractivity contribution in [3.05, 3.63) is 49.1 Å². The Balaban J connectivity index is 3.38. The first kappa shape index (κ1) is 19.9. The van der Waals surface area contributed by atoms with Gasteiger partial charge in [-0.3, -0.25) is 0 Å². The van der Waals surface area contributed by atoms with E-state index < -0.39 is 0 Å². The molecule has 0 radical (unpaired) electrons. The Morgan fingerprint density at radius 3 is 2.19 bits per heavy atom. The number of unbranched alkanes of at least 4 members (excludes halogenated alkanes) is 6. The molecule has 0 aromatic carbocycles. The summed E-state index contributed by atoms with van der Waals surface area (Å²) in [4.78, 5) is 0. The van der Waals surface area contributed by atoms with Crippen molar-refractivity contribution in [3.8, 4) is 0 Å². The van der Waals surface area contributed by atoms with E-state index in [1.165, 1.54) is 38.5 Å². The average Bonchev–Trinajstić information content (AvgIpc) is 2.49. The zero-order chi connectivity index (χ0) is 15.6. The normalized spacial score (nSPS) is 13.6. The molecule has 0 rings (SSSR count). The number of hydrogen-bond acceptors (Lipinski definition) is 1. The quantitative estimate of drug-likeness (QED) is 0.302. The average molecular weight is 290 g/mol. The van der Waals surface area contributed by atoms with Gasteiger partial charge in [0.05, 0.1) is 6.10 Å². The number of aliphatic hydroxyl groups excluding tert-OH is 1. The molecule has 1 atom stereocenters. The lowest BCUT2D eigenvalue weighted by Gasteiger charge is -2.09. The lowest BCUT2D eigenvalue weighted by molar-refractivity contribution is 0.148. The highest BCUT2D eigenvalue weighted by atomic mass is 16.3. The number of hydrogen-bond donors (Lipinski definition) is 1. The fourth-order valence-electron chi connectivity index (χ4n) is 2.22. The molecule has 120 valence electrons. The van der Waals surface area contributed by atoms with Crippen molar-refractivity contribution in [1.29, 1.82) is 0 Å². The van der Waals surface area contributed by atoms with Crippen LogP contribution in [0.2, 0.25) is 0 Å². The van der Waals surface area contributed by atoms with E-state index in [9.17, 15) is 5.11 Å². The van der Waals surface area contributed by atoms with Crippen LogP contribution in [0.5, 0.6) is 0 Å². The molecular formula is C20H34O. The molecule has 0 aliphatic rings. The maximum atomic E-state index is 9.90. The largest absolute Gasteiger partial charge is 0.393 e. The van der Waals surface area contributed by atoms with Crippen LogP contribution < -0.4 is 0 Å². The molecule has 0 amide bonds. The molecule has 1 nitrogen and oxygen atoms in total. The van der Waals surface area contributed by atoms with E-state index in [-0.39, 0.29) is 6.10 Å². The molecule has 0 saturated carbocycles. The summed E-state index contributed by atoms with van der Waals surface area (Å²) in [6.45, 7) is 5.85. The van der Waals surface area contributed by atoms with Crippen LogP contribution in [0.4, 0.5) is 0 Å². The molecule has 0 heterocycles. The van der Waals surface area contributed by atoms with Gasteiger partial charge in [-0.25, -0.2) is 0 Å². The first-order valence-electron chi connectivity index (χ1n) is 8.60. The first-order valence-corrected chi connectivity index (χ1v) is 8.60. The maximum absolute atomic E-state index is 9.90. The van der Waals surface area contributed by atoms with E-state index in [2.05, 4.69) is 25.7 Å². The summed E-state index contributed by atoms with van der Waals surface area (Å²) in [5, 5.41) is 9.90. The van der Waals surface area contributed by atoms with Crippen molar-refractivity contribution in [2.24, 2.45) is 0 Å². The van der Waals surface area contributed by atoms with Crippen LogP contribution >= 0.6 is 0 Å². The molecule has 0 aromatic heterocycles. The van der Waals surface area contributed by atoms with Crippen molar-refractivity contribution in [3.63, 3.8) is 0 Å². The molecule has 1 heteroatoms. The van der Waals surface area contributed by atoms with Crippen LogP contribution in [0.15, 0.2) is 49.1 Å². The molecule has 0 saturated heterocycles. The lowest BCUT2D eigenvalue weighted by Crippen LogP contribution is -2.05. The molecule has 1 unspecified atom stereocenters. The molecule has 0 fully saturated rings. The molecule has 0 bridgehead atoms. The van der Waals surface area contributed by atoms with E-state index in [1.54, 1.807) is 6.08 Å². The highest BCUT2D eigenvalue weighted by molar-refractivity contribution is 5.14. The molecular weight excluding hydrogens is 256 g/mol. The minimum Gasteiger partial charge on any atom is -0.393 e. The summed E-state index contributed by atoms with van der Waals surface area (Å²) in [7, 11) is 0. The summed E-state index contributed by atoms with van der Waals surface area (Å²) < 4.78 is 0. The van der Waals surface area contributed by atoms with Gasteiger partial charge in [0, 0.05) is 0 Å². The molecule has 21 heavy (non-hydrogen) atoms. The Bertz CT molecular complexity index is 299. The van der Waals surface area contributed by atoms with Gasteiger partial charge < -0.3 is 5.11 Å². The van der Waals surface area contributed by atoms with Gasteiger partial charge in [0.15, 0.2) is 0 Å². The second kappa shape index (κ2) is 17.0. The first-order chi connectivity index (χ1) is 10.3. The molecule has 1 N–H and O–H groups in total. The smallest absolute Gasteiger partial charge is 0.0540 e. The Kier molecular flexibility index (Phi) is 16.1. The molecule has 0 aliphatic carbocycles. The Hall–Kier alpha value is -1.08. The fourth-order valence-corrected chi connectivity index (χ4v) is 2.22. The van der Waals surface area contributed by atoms with Crippen molar-refractivity contribution >= 4 is 0 Å². The second-order valence-electron chi connectivity index (χ2n) is 5.57. The highest BCUT2D eigenvalue weighted by Crippen LogP contribution is 2.12. The summed E-state index contributed by atoms with van der Waals surface area (Å²) in [5.74, 6) is 0. The van der Waals surface area contributed by atoms with Gasteiger partial charge in [0.1, 0.15) is 0 Å². The third-order valence-corrected chi connectivity index (χ3v) is 3.52. The minimum atomic E-state index is -0.101. The van der Waals surface area contributed by atoms with Gasteiger partial charge >= 0.3 is 0 Å². The number of aliphatic hydroxyl groups is 1. The fraction of sp³-hybridized carbons (Fsp3) is 0.600.